The molecule has 2 aromatic rings. The van der Waals surface area contributed by atoms with Crippen molar-refractivity contribution in [2.24, 2.45) is 5.73 Å². The first-order valence-corrected chi connectivity index (χ1v) is 6.35. The van der Waals surface area contributed by atoms with Crippen molar-refractivity contribution < 1.29 is 4.52 Å². The summed E-state index contributed by atoms with van der Waals surface area (Å²) in [6, 6.07) is 5.40. The van der Waals surface area contributed by atoms with Crippen molar-refractivity contribution in [2.75, 3.05) is 0 Å². The molecule has 1 unspecified atom stereocenters. The molecule has 0 aliphatic heterocycles. The van der Waals surface area contributed by atoms with Gasteiger partial charge in [-0.15, -0.1) is 0 Å². The zero-order valence-corrected chi connectivity index (χ0v) is 11.2. The molecule has 0 radical (unpaired) electrons. The summed E-state index contributed by atoms with van der Waals surface area (Å²) in [5.74, 6) is 1.02. The van der Waals surface area contributed by atoms with Crippen LogP contribution >= 0.6 is 11.6 Å². The average Bonchev–Trinajstić information content (AvgIpc) is 2.82. The number of aryl methyl sites for hydroxylation is 1. The van der Waals surface area contributed by atoms with Gasteiger partial charge in [0.05, 0.1) is 6.04 Å². The van der Waals surface area contributed by atoms with Crippen LogP contribution in [-0.4, -0.2) is 10.1 Å². The number of benzene rings is 1. The van der Waals surface area contributed by atoms with E-state index in [4.69, 9.17) is 21.9 Å². The minimum Gasteiger partial charge on any atom is -0.334 e. The average molecular weight is 266 g/mol. The Labute approximate surface area is 111 Å². The van der Waals surface area contributed by atoms with Gasteiger partial charge in [-0.2, -0.15) is 4.98 Å². The SMILES string of the molecule is CCCC(N)c1noc(-c2cc(Cl)ccc2C)n1. The fraction of sp³-hybridized carbons (Fsp3) is 0.385. The van der Waals surface area contributed by atoms with Gasteiger partial charge in [-0.1, -0.05) is 36.2 Å². The third-order valence-corrected chi connectivity index (χ3v) is 3.04. The number of hydrogen-bond donors (Lipinski definition) is 1. The molecule has 0 saturated heterocycles. The fourth-order valence-electron chi connectivity index (χ4n) is 1.76. The Kier molecular flexibility index (Phi) is 3.99. The van der Waals surface area contributed by atoms with Crippen LogP contribution in [0.4, 0.5) is 0 Å². The van der Waals surface area contributed by atoms with Gasteiger partial charge >= 0.3 is 0 Å². The molecule has 0 saturated carbocycles. The van der Waals surface area contributed by atoms with Gasteiger partial charge in [0.25, 0.3) is 5.89 Å². The predicted molar refractivity (Wildman–Crippen MR) is 71.3 cm³/mol. The number of rotatable bonds is 4. The maximum Gasteiger partial charge on any atom is 0.258 e. The molecule has 2 N–H and O–H groups in total. The third-order valence-electron chi connectivity index (χ3n) is 2.80. The van der Waals surface area contributed by atoms with Crippen molar-refractivity contribution in [3.05, 3.63) is 34.6 Å². The predicted octanol–water partition coefficient (Wildman–Crippen LogP) is 3.50. The molecule has 1 heterocycles. The van der Waals surface area contributed by atoms with Crippen molar-refractivity contribution >= 4 is 11.6 Å². The molecule has 4 nitrogen and oxygen atoms in total. The van der Waals surface area contributed by atoms with Crippen LogP contribution in [0.15, 0.2) is 22.7 Å². The summed E-state index contributed by atoms with van der Waals surface area (Å²) in [6.45, 7) is 4.05. The standard InChI is InChI=1S/C13H16ClN3O/c1-3-4-11(15)12-16-13(18-17-12)10-7-9(14)6-5-8(10)2/h5-7,11H,3-4,15H2,1-2H3. The Hall–Kier alpha value is -1.39. The normalized spacial score (nSPS) is 12.7. The quantitative estimate of drug-likeness (QED) is 0.919. The van der Waals surface area contributed by atoms with Gasteiger partial charge in [0, 0.05) is 10.6 Å². The van der Waals surface area contributed by atoms with E-state index in [0.29, 0.717) is 16.7 Å². The van der Waals surface area contributed by atoms with Crippen LogP contribution in [0.5, 0.6) is 0 Å². The van der Waals surface area contributed by atoms with E-state index >= 15 is 0 Å². The van der Waals surface area contributed by atoms with E-state index < -0.39 is 0 Å². The zero-order chi connectivity index (χ0) is 13.1. The lowest BCUT2D eigenvalue weighted by molar-refractivity contribution is 0.413. The van der Waals surface area contributed by atoms with Gasteiger partial charge in [0.15, 0.2) is 5.82 Å². The monoisotopic (exact) mass is 265 g/mol. The molecule has 2 rings (SSSR count). The van der Waals surface area contributed by atoms with Crippen molar-refractivity contribution in [3.8, 4) is 11.5 Å². The van der Waals surface area contributed by atoms with Crippen LogP contribution in [0.1, 0.15) is 37.2 Å². The highest BCUT2D eigenvalue weighted by molar-refractivity contribution is 6.30. The van der Waals surface area contributed by atoms with Crippen molar-refractivity contribution in [3.63, 3.8) is 0 Å². The number of halogens is 1. The summed E-state index contributed by atoms with van der Waals surface area (Å²) < 4.78 is 5.25. The van der Waals surface area contributed by atoms with Crippen LogP contribution in [0.3, 0.4) is 0 Å². The van der Waals surface area contributed by atoms with Crippen LogP contribution in [-0.2, 0) is 0 Å². The fourth-order valence-corrected chi connectivity index (χ4v) is 1.93. The number of hydrogen-bond acceptors (Lipinski definition) is 4. The highest BCUT2D eigenvalue weighted by Crippen LogP contribution is 2.26. The van der Waals surface area contributed by atoms with Crippen molar-refractivity contribution in [2.45, 2.75) is 32.7 Å². The second-order valence-corrected chi connectivity index (χ2v) is 4.75. The van der Waals surface area contributed by atoms with Crippen LogP contribution < -0.4 is 5.73 Å². The highest BCUT2D eigenvalue weighted by atomic mass is 35.5. The summed E-state index contributed by atoms with van der Waals surface area (Å²) >= 11 is 5.97. The number of aromatic nitrogens is 2. The summed E-state index contributed by atoms with van der Waals surface area (Å²) in [4.78, 5) is 4.34. The summed E-state index contributed by atoms with van der Waals surface area (Å²) in [5, 5.41) is 4.57. The lowest BCUT2D eigenvalue weighted by Gasteiger charge is -2.03. The summed E-state index contributed by atoms with van der Waals surface area (Å²) in [7, 11) is 0. The van der Waals surface area contributed by atoms with E-state index in [1.165, 1.54) is 0 Å². The maximum absolute atomic E-state index is 5.97. The van der Waals surface area contributed by atoms with E-state index in [-0.39, 0.29) is 6.04 Å². The molecule has 0 aliphatic carbocycles. The Bertz CT molecular complexity index is 539. The second kappa shape index (κ2) is 5.50. The molecule has 0 aliphatic rings. The number of nitrogens with zero attached hydrogens (tertiary/aromatic N) is 2. The van der Waals surface area contributed by atoms with Crippen LogP contribution in [0.2, 0.25) is 5.02 Å². The van der Waals surface area contributed by atoms with Gasteiger partial charge in [0.1, 0.15) is 0 Å². The molecule has 0 amide bonds. The Morgan fingerprint density at radius 2 is 2.22 bits per heavy atom. The first kappa shape index (κ1) is 13.1. The van der Waals surface area contributed by atoms with Crippen LogP contribution in [0.25, 0.3) is 11.5 Å². The molecule has 1 atom stereocenters. The van der Waals surface area contributed by atoms with Gasteiger partial charge in [-0.25, -0.2) is 0 Å². The van der Waals surface area contributed by atoms with Gasteiger partial charge in [-0.05, 0) is 31.0 Å². The zero-order valence-electron chi connectivity index (χ0n) is 10.5. The summed E-state index contributed by atoms with van der Waals surface area (Å²) in [5.41, 5.74) is 7.85. The Morgan fingerprint density at radius 3 is 2.94 bits per heavy atom. The van der Waals surface area contributed by atoms with Gasteiger partial charge in [-0.3, -0.25) is 0 Å². The van der Waals surface area contributed by atoms with Crippen molar-refractivity contribution in [1.29, 1.82) is 0 Å². The van der Waals surface area contributed by atoms with Crippen LogP contribution in [0, 0.1) is 6.92 Å². The van der Waals surface area contributed by atoms with E-state index in [2.05, 4.69) is 17.1 Å². The van der Waals surface area contributed by atoms with E-state index in [1.54, 1.807) is 0 Å². The minimum atomic E-state index is -0.174. The lowest BCUT2D eigenvalue weighted by atomic mass is 10.1. The second-order valence-electron chi connectivity index (χ2n) is 4.31. The molecular weight excluding hydrogens is 250 g/mol. The molecular formula is C13H16ClN3O. The topological polar surface area (TPSA) is 64.9 Å². The first-order chi connectivity index (χ1) is 8.61. The first-order valence-electron chi connectivity index (χ1n) is 5.97. The Morgan fingerprint density at radius 1 is 1.44 bits per heavy atom. The van der Waals surface area contributed by atoms with Crippen molar-refractivity contribution in [1.82, 2.24) is 10.1 Å². The van der Waals surface area contributed by atoms with Gasteiger partial charge < -0.3 is 10.3 Å². The molecule has 0 fully saturated rings. The minimum absolute atomic E-state index is 0.174. The number of nitrogens with two attached hydrogens (primary N) is 1. The van der Waals surface area contributed by atoms with Gasteiger partial charge in [0.2, 0.25) is 0 Å². The van der Waals surface area contributed by atoms with E-state index in [1.807, 2.05) is 25.1 Å². The smallest absolute Gasteiger partial charge is 0.258 e. The summed E-state index contributed by atoms with van der Waals surface area (Å²) in [6.07, 6.45) is 1.83. The maximum atomic E-state index is 5.97. The lowest BCUT2D eigenvalue weighted by Crippen LogP contribution is -2.11. The molecule has 1 aromatic carbocycles. The molecule has 96 valence electrons. The highest BCUT2D eigenvalue weighted by Gasteiger charge is 2.16. The molecule has 1 aromatic heterocycles. The molecule has 0 bridgehead atoms. The Balaban J connectivity index is 2.32. The molecule has 5 heteroatoms. The largest absolute Gasteiger partial charge is 0.334 e. The molecule has 18 heavy (non-hydrogen) atoms. The van der Waals surface area contributed by atoms with E-state index in [9.17, 15) is 0 Å². The van der Waals surface area contributed by atoms with E-state index in [0.717, 1.165) is 24.0 Å². The molecule has 0 spiro atoms. The third kappa shape index (κ3) is 2.71.